The molecule has 132 valence electrons. The van der Waals surface area contributed by atoms with Crippen LogP contribution in [-0.4, -0.2) is 30.3 Å². The van der Waals surface area contributed by atoms with Crippen molar-refractivity contribution in [2.24, 2.45) is 0 Å². The van der Waals surface area contributed by atoms with Gasteiger partial charge in [0.05, 0.1) is 6.10 Å². The van der Waals surface area contributed by atoms with Crippen molar-refractivity contribution in [3.8, 4) is 5.75 Å². The first kappa shape index (κ1) is 18.6. The average molecular weight is 347 g/mol. The summed E-state index contributed by atoms with van der Waals surface area (Å²) in [7, 11) is 0. The van der Waals surface area contributed by atoms with E-state index >= 15 is 0 Å². The number of para-hydroxylation sites is 1. The van der Waals surface area contributed by atoms with Crippen LogP contribution >= 0.6 is 0 Å². The number of carbonyl (C=O) groups excluding carboxylic acids is 1. The molecule has 0 fully saturated rings. The number of ether oxygens (including phenoxy) is 1. The SMILES string of the molecule is O=C(/C=C/c1ccccc1OC(F)F)NCC(O)Cc1ccccc1. The van der Waals surface area contributed by atoms with Gasteiger partial charge >= 0.3 is 6.61 Å². The maximum Gasteiger partial charge on any atom is 0.387 e. The molecule has 0 bridgehead atoms. The molecule has 0 radical (unpaired) electrons. The van der Waals surface area contributed by atoms with Gasteiger partial charge in [-0.3, -0.25) is 4.79 Å². The van der Waals surface area contributed by atoms with Crippen LogP contribution in [0.15, 0.2) is 60.7 Å². The molecule has 0 aliphatic heterocycles. The third-order valence-electron chi connectivity index (χ3n) is 3.38. The molecule has 0 aliphatic rings. The van der Waals surface area contributed by atoms with Crippen LogP contribution in [0, 0.1) is 0 Å². The molecule has 1 unspecified atom stereocenters. The van der Waals surface area contributed by atoms with Crippen LogP contribution < -0.4 is 10.1 Å². The van der Waals surface area contributed by atoms with Gasteiger partial charge in [-0.2, -0.15) is 8.78 Å². The summed E-state index contributed by atoms with van der Waals surface area (Å²) in [4.78, 5) is 11.8. The maximum absolute atomic E-state index is 12.3. The lowest BCUT2D eigenvalue weighted by molar-refractivity contribution is -0.116. The smallest absolute Gasteiger partial charge is 0.387 e. The molecule has 2 N–H and O–H groups in total. The standard InChI is InChI=1S/C19H19F2NO3/c20-19(21)25-17-9-5-4-8-15(17)10-11-18(24)22-13-16(23)12-14-6-2-1-3-7-14/h1-11,16,19,23H,12-13H2,(H,22,24)/b11-10+. The number of aliphatic hydroxyl groups is 1. The summed E-state index contributed by atoms with van der Waals surface area (Å²) in [6.07, 6.45) is 2.31. The van der Waals surface area contributed by atoms with Crippen molar-refractivity contribution in [2.75, 3.05) is 6.54 Å². The largest absolute Gasteiger partial charge is 0.434 e. The predicted molar refractivity (Wildman–Crippen MR) is 91.3 cm³/mol. The van der Waals surface area contributed by atoms with Crippen LogP contribution in [0.2, 0.25) is 0 Å². The van der Waals surface area contributed by atoms with Crippen molar-refractivity contribution in [1.82, 2.24) is 5.32 Å². The molecule has 1 amide bonds. The van der Waals surface area contributed by atoms with Gasteiger partial charge in [-0.1, -0.05) is 48.5 Å². The zero-order valence-corrected chi connectivity index (χ0v) is 13.4. The summed E-state index contributed by atoms with van der Waals surface area (Å²) < 4.78 is 29.1. The number of aliphatic hydroxyl groups excluding tert-OH is 1. The molecule has 2 rings (SSSR count). The van der Waals surface area contributed by atoms with E-state index in [9.17, 15) is 18.7 Å². The molecular weight excluding hydrogens is 328 g/mol. The van der Waals surface area contributed by atoms with Crippen molar-refractivity contribution >= 4 is 12.0 Å². The normalized spacial score (nSPS) is 12.3. The number of alkyl halides is 2. The van der Waals surface area contributed by atoms with Gasteiger partial charge in [-0.15, -0.1) is 0 Å². The lowest BCUT2D eigenvalue weighted by Crippen LogP contribution is -2.32. The van der Waals surface area contributed by atoms with Crippen LogP contribution in [0.1, 0.15) is 11.1 Å². The van der Waals surface area contributed by atoms with Crippen LogP contribution in [0.4, 0.5) is 8.78 Å². The van der Waals surface area contributed by atoms with Crippen molar-refractivity contribution in [3.05, 3.63) is 71.8 Å². The van der Waals surface area contributed by atoms with Crippen molar-refractivity contribution in [1.29, 1.82) is 0 Å². The lowest BCUT2D eigenvalue weighted by atomic mass is 10.1. The average Bonchev–Trinajstić information content (AvgIpc) is 2.59. The van der Waals surface area contributed by atoms with E-state index in [1.807, 2.05) is 30.3 Å². The van der Waals surface area contributed by atoms with E-state index < -0.39 is 18.6 Å². The van der Waals surface area contributed by atoms with Gasteiger partial charge in [-0.05, 0) is 17.7 Å². The number of nitrogens with one attached hydrogen (secondary N) is 1. The monoisotopic (exact) mass is 347 g/mol. The van der Waals surface area contributed by atoms with Crippen LogP contribution in [0.3, 0.4) is 0 Å². The highest BCUT2D eigenvalue weighted by Crippen LogP contribution is 2.21. The third kappa shape index (κ3) is 6.73. The fourth-order valence-electron chi connectivity index (χ4n) is 2.22. The van der Waals surface area contributed by atoms with E-state index in [0.29, 0.717) is 12.0 Å². The minimum Gasteiger partial charge on any atom is -0.434 e. The second-order valence-corrected chi connectivity index (χ2v) is 5.34. The van der Waals surface area contributed by atoms with E-state index in [1.54, 1.807) is 18.2 Å². The number of amides is 1. The van der Waals surface area contributed by atoms with Gasteiger partial charge in [0.2, 0.25) is 5.91 Å². The summed E-state index contributed by atoms with van der Waals surface area (Å²) in [6.45, 7) is -2.84. The molecule has 25 heavy (non-hydrogen) atoms. The summed E-state index contributed by atoms with van der Waals surface area (Å²) >= 11 is 0. The quantitative estimate of drug-likeness (QED) is 0.722. The Morgan fingerprint density at radius 3 is 2.52 bits per heavy atom. The highest BCUT2D eigenvalue weighted by atomic mass is 19.3. The Labute approximate surface area is 144 Å². The Morgan fingerprint density at radius 1 is 1.12 bits per heavy atom. The molecule has 6 heteroatoms. The number of carbonyl (C=O) groups is 1. The van der Waals surface area contributed by atoms with Gasteiger partial charge in [-0.25, -0.2) is 0 Å². The summed E-state index contributed by atoms with van der Waals surface area (Å²) in [5.41, 5.74) is 1.33. The molecule has 2 aromatic carbocycles. The number of hydrogen-bond donors (Lipinski definition) is 2. The molecule has 0 spiro atoms. The van der Waals surface area contributed by atoms with E-state index in [2.05, 4.69) is 10.1 Å². The lowest BCUT2D eigenvalue weighted by Gasteiger charge is -2.11. The summed E-state index contributed by atoms with van der Waals surface area (Å²) in [6, 6.07) is 15.6. The minimum atomic E-state index is -2.93. The zero-order valence-electron chi connectivity index (χ0n) is 13.4. The number of benzene rings is 2. The number of halogens is 2. The Morgan fingerprint density at radius 2 is 1.80 bits per heavy atom. The van der Waals surface area contributed by atoms with Crippen LogP contribution in [0.5, 0.6) is 5.75 Å². The first-order chi connectivity index (χ1) is 12.0. The van der Waals surface area contributed by atoms with Gasteiger partial charge in [0.15, 0.2) is 0 Å². The van der Waals surface area contributed by atoms with Crippen LogP contribution in [0.25, 0.3) is 6.08 Å². The predicted octanol–water partition coefficient (Wildman–Crippen LogP) is 3.02. The molecule has 1 atom stereocenters. The fourth-order valence-corrected chi connectivity index (χ4v) is 2.22. The summed E-state index contributed by atoms with van der Waals surface area (Å²) in [5, 5.41) is 12.5. The molecule has 2 aromatic rings. The van der Waals surface area contributed by atoms with Crippen molar-refractivity contribution in [3.63, 3.8) is 0 Å². The van der Waals surface area contributed by atoms with Crippen molar-refractivity contribution < 1.29 is 23.4 Å². The molecule has 0 aliphatic carbocycles. The Hall–Kier alpha value is -2.73. The molecule has 0 heterocycles. The minimum absolute atomic E-state index is 0.00865. The molecular formula is C19H19F2NO3. The Kier molecular flexibility index (Phi) is 7.10. The molecule has 4 nitrogen and oxygen atoms in total. The second kappa shape index (κ2) is 9.54. The molecule has 0 saturated heterocycles. The van der Waals surface area contributed by atoms with E-state index in [-0.39, 0.29) is 12.3 Å². The third-order valence-corrected chi connectivity index (χ3v) is 3.38. The number of hydrogen-bond acceptors (Lipinski definition) is 3. The highest BCUT2D eigenvalue weighted by Gasteiger charge is 2.08. The van der Waals surface area contributed by atoms with Gasteiger partial charge in [0.1, 0.15) is 5.75 Å². The summed E-state index contributed by atoms with van der Waals surface area (Å²) in [5.74, 6) is -0.440. The van der Waals surface area contributed by atoms with Gasteiger partial charge < -0.3 is 15.2 Å². The molecule has 0 saturated carbocycles. The first-order valence-electron chi connectivity index (χ1n) is 7.76. The van der Waals surface area contributed by atoms with Crippen LogP contribution in [-0.2, 0) is 11.2 Å². The molecule has 0 aromatic heterocycles. The Bertz CT molecular complexity index is 705. The first-order valence-corrected chi connectivity index (χ1v) is 7.76. The van der Waals surface area contributed by atoms with E-state index in [1.165, 1.54) is 18.2 Å². The maximum atomic E-state index is 12.3. The topological polar surface area (TPSA) is 58.6 Å². The van der Waals surface area contributed by atoms with Gasteiger partial charge in [0.25, 0.3) is 0 Å². The second-order valence-electron chi connectivity index (χ2n) is 5.34. The van der Waals surface area contributed by atoms with E-state index in [4.69, 9.17) is 0 Å². The Balaban J connectivity index is 1.85. The zero-order chi connectivity index (χ0) is 18.1. The van der Waals surface area contributed by atoms with Gasteiger partial charge in [0, 0.05) is 24.6 Å². The van der Waals surface area contributed by atoms with E-state index in [0.717, 1.165) is 5.56 Å². The van der Waals surface area contributed by atoms with Crippen molar-refractivity contribution in [2.45, 2.75) is 19.1 Å². The fraction of sp³-hybridized carbons (Fsp3) is 0.211. The highest BCUT2D eigenvalue weighted by molar-refractivity contribution is 5.92. The number of rotatable bonds is 8.